The van der Waals surface area contributed by atoms with Gasteiger partial charge in [0.2, 0.25) is 0 Å². The minimum atomic E-state index is -2.35. The van der Waals surface area contributed by atoms with Crippen molar-refractivity contribution >= 4 is 46.9 Å². The summed E-state index contributed by atoms with van der Waals surface area (Å²) in [7, 11) is -2.35. The van der Waals surface area contributed by atoms with E-state index in [0.717, 1.165) is 13.1 Å². The Kier molecular flexibility index (Phi) is 9.81. The van der Waals surface area contributed by atoms with Crippen molar-refractivity contribution in [3.8, 4) is 0 Å². The van der Waals surface area contributed by atoms with Gasteiger partial charge in [-0.3, -0.25) is 0 Å². The third-order valence-electron chi connectivity index (χ3n) is 5.47. The van der Waals surface area contributed by atoms with E-state index in [0.29, 0.717) is 0 Å². The topological polar surface area (TPSA) is 3.24 Å². The number of thioether (sulfide) groups is 2. The number of benzene rings is 3. The van der Waals surface area contributed by atoms with Crippen LogP contribution in [0, 0.1) is 0 Å². The Morgan fingerprint density at radius 1 is 0.567 bits per heavy atom. The van der Waals surface area contributed by atoms with Crippen molar-refractivity contribution in [1.82, 2.24) is 4.67 Å². The van der Waals surface area contributed by atoms with Gasteiger partial charge in [0.1, 0.15) is 0 Å². The van der Waals surface area contributed by atoms with Gasteiger partial charge in [0.05, 0.1) is 0 Å². The summed E-state index contributed by atoms with van der Waals surface area (Å²) in [6.07, 6.45) is 0. The predicted molar refractivity (Wildman–Crippen MR) is 144 cm³/mol. The summed E-state index contributed by atoms with van der Waals surface area (Å²) in [6, 6.07) is 33.9. The van der Waals surface area contributed by atoms with Crippen molar-refractivity contribution in [2.45, 2.75) is 13.8 Å². The third-order valence-corrected chi connectivity index (χ3v) is 12.1. The van der Waals surface area contributed by atoms with Gasteiger partial charge in [-0.15, -0.1) is 0 Å². The summed E-state index contributed by atoms with van der Waals surface area (Å²) in [5.74, 6) is 4.70. The summed E-state index contributed by atoms with van der Waals surface area (Å²) in [6.45, 7) is 6.76. The summed E-state index contributed by atoms with van der Waals surface area (Å²) >= 11 is 4.10. The Bertz CT molecular complexity index is 736. The summed E-state index contributed by atoms with van der Waals surface area (Å²) in [5, 5.41) is 4.43. The standard InChI is InChI=1S/C26H34NPS2/c1-3-29-22-20-27(21-23-30-4-2)28(24-14-8-5-9-15-24,25-16-10-6-11-17-25)26-18-12-7-13-19-26/h5-19,28H,3-4,20-23H2,1-2H3. The molecule has 30 heavy (non-hydrogen) atoms. The zero-order chi connectivity index (χ0) is 21.1. The molecule has 0 fully saturated rings. The average molecular weight is 456 g/mol. The van der Waals surface area contributed by atoms with Crippen LogP contribution in [0.15, 0.2) is 91.0 Å². The second kappa shape index (κ2) is 12.6. The van der Waals surface area contributed by atoms with E-state index >= 15 is 0 Å². The van der Waals surface area contributed by atoms with Gasteiger partial charge in [0.15, 0.2) is 0 Å². The molecule has 0 bridgehead atoms. The van der Waals surface area contributed by atoms with E-state index in [1.54, 1.807) is 0 Å². The number of hydrogen-bond donors (Lipinski definition) is 0. The van der Waals surface area contributed by atoms with Crippen molar-refractivity contribution in [2.24, 2.45) is 0 Å². The van der Waals surface area contributed by atoms with Crippen molar-refractivity contribution in [3.05, 3.63) is 91.0 Å². The van der Waals surface area contributed by atoms with Crippen LogP contribution < -0.4 is 15.9 Å². The van der Waals surface area contributed by atoms with Gasteiger partial charge in [-0.05, 0) is 0 Å². The summed E-state index contributed by atoms with van der Waals surface area (Å²) < 4.78 is 2.86. The zero-order valence-corrected chi connectivity index (χ0v) is 20.8. The summed E-state index contributed by atoms with van der Waals surface area (Å²) in [4.78, 5) is 0. The van der Waals surface area contributed by atoms with E-state index in [2.05, 4.69) is 133 Å². The van der Waals surface area contributed by atoms with E-state index in [-0.39, 0.29) is 0 Å². The van der Waals surface area contributed by atoms with Crippen molar-refractivity contribution < 1.29 is 0 Å². The van der Waals surface area contributed by atoms with Crippen LogP contribution in [0.5, 0.6) is 0 Å². The van der Waals surface area contributed by atoms with Gasteiger partial charge in [0, 0.05) is 0 Å². The number of nitrogens with zero attached hydrogens (tertiary/aromatic N) is 1. The van der Waals surface area contributed by atoms with E-state index in [9.17, 15) is 0 Å². The Morgan fingerprint density at radius 3 is 1.20 bits per heavy atom. The molecular formula is C26H34NPS2. The molecule has 3 rings (SSSR count). The molecule has 0 spiro atoms. The van der Waals surface area contributed by atoms with E-state index in [1.807, 2.05) is 0 Å². The van der Waals surface area contributed by atoms with Crippen LogP contribution in [0.1, 0.15) is 13.8 Å². The molecule has 0 aliphatic rings. The normalized spacial score (nSPS) is 12.2. The first-order valence-electron chi connectivity index (χ1n) is 10.9. The molecule has 0 N–H and O–H groups in total. The molecule has 0 unspecified atom stereocenters. The van der Waals surface area contributed by atoms with Crippen molar-refractivity contribution in [1.29, 1.82) is 0 Å². The van der Waals surface area contributed by atoms with E-state index in [1.165, 1.54) is 38.9 Å². The van der Waals surface area contributed by atoms with E-state index in [4.69, 9.17) is 0 Å². The molecule has 0 aliphatic carbocycles. The molecule has 0 atom stereocenters. The maximum absolute atomic E-state index is 2.86. The molecule has 4 heteroatoms. The first kappa shape index (κ1) is 23.4. The molecule has 3 aromatic rings. The van der Waals surface area contributed by atoms with Gasteiger partial charge in [-0.2, -0.15) is 0 Å². The molecular weight excluding hydrogens is 421 g/mol. The molecule has 160 valence electrons. The van der Waals surface area contributed by atoms with Gasteiger partial charge in [-0.1, -0.05) is 0 Å². The molecule has 0 saturated carbocycles. The fourth-order valence-corrected chi connectivity index (χ4v) is 10.8. The fourth-order valence-electron chi connectivity index (χ4n) is 4.17. The van der Waals surface area contributed by atoms with Crippen LogP contribution in [-0.4, -0.2) is 40.8 Å². The van der Waals surface area contributed by atoms with Crippen molar-refractivity contribution in [2.75, 3.05) is 36.1 Å². The van der Waals surface area contributed by atoms with Gasteiger partial charge in [-0.25, -0.2) is 0 Å². The second-order valence-corrected chi connectivity index (χ2v) is 13.8. The quantitative estimate of drug-likeness (QED) is 0.265. The van der Waals surface area contributed by atoms with Crippen LogP contribution >= 0.6 is 30.9 Å². The van der Waals surface area contributed by atoms with Gasteiger partial charge >= 0.3 is 192 Å². The zero-order valence-electron chi connectivity index (χ0n) is 18.2. The van der Waals surface area contributed by atoms with E-state index < -0.39 is 7.41 Å². The van der Waals surface area contributed by atoms with Crippen LogP contribution in [0.4, 0.5) is 0 Å². The molecule has 0 aliphatic heterocycles. The Balaban J connectivity index is 2.21. The molecule has 0 heterocycles. The fraction of sp³-hybridized carbons (Fsp3) is 0.308. The molecule has 1 nitrogen and oxygen atoms in total. The molecule has 3 aromatic carbocycles. The maximum atomic E-state index is 2.86. The molecule has 0 aromatic heterocycles. The van der Waals surface area contributed by atoms with Crippen LogP contribution in [0.3, 0.4) is 0 Å². The first-order chi connectivity index (χ1) is 14.8. The Labute approximate surface area is 192 Å². The van der Waals surface area contributed by atoms with Crippen molar-refractivity contribution in [3.63, 3.8) is 0 Å². The predicted octanol–water partition coefficient (Wildman–Crippen LogP) is 5.44. The SMILES string of the molecule is CCSCCN(CCSCC)[PH](c1ccccc1)(c1ccccc1)c1ccccc1. The Hall–Kier alpha value is -1.25. The third kappa shape index (κ3) is 5.51. The Morgan fingerprint density at radius 2 is 0.900 bits per heavy atom. The van der Waals surface area contributed by atoms with Gasteiger partial charge < -0.3 is 0 Å². The van der Waals surface area contributed by atoms with Crippen LogP contribution in [0.2, 0.25) is 0 Å². The molecule has 0 amide bonds. The van der Waals surface area contributed by atoms with Gasteiger partial charge in [0.25, 0.3) is 0 Å². The second-order valence-electron chi connectivity index (χ2n) is 7.19. The monoisotopic (exact) mass is 455 g/mol. The first-order valence-corrected chi connectivity index (χ1v) is 15.2. The summed E-state index contributed by atoms with van der Waals surface area (Å²) in [5.41, 5.74) is 0. The number of rotatable bonds is 12. The number of hydrogen-bond acceptors (Lipinski definition) is 3. The van der Waals surface area contributed by atoms with Crippen LogP contribution in [-0.2, 0) is 0 Å². The van der Waals surface area contributed by atoms with Crippen LogP contribution in [0.25, 0.3) is 0 Å². The average Bonchev–Trinajstić information content (AvgIpc) is 2.82. The molecule has 0 saturated heterocycles. The molecule has 0 radical (unpaired) electrons. The minimum absolute atomic E-state index is 1.12.